The minimum absolute atomic E-state index is 0.0408. The van der Waals surface area contributed by atoms with Crippen molar-refractivity contribution in [2.45, 2.75) is 33.2 Å². The highest BCUT2D eigenvalue weighted by molar-refractivity contribution is 7.08. The predicted molar refractivity (Wildman–Crippen MR) is 84.8 cm³/mol. The van der Waals surface area contributed by atoms with E-state index >= 15 is 0 Å². The molecular weight excluding hydrogens is 286 g/mol. The second-order valence-electron chi connectivity index (χ2n) is 5.43. The first-order chi connectivity index (χ1) is 10.2. The Hall–Kier alpha value is -1.05. The largest absolute Gasteiger partial charge is 0.350 e. The molecule has 1 atom stereocenters. The van der Waals surface area contributed by atoms with Crippen molar-refractivity contribution in [1.82, 2.24) is 24.7 Å². The molecule has 2 heterocycles. The zero-order chi connectivity index (χ0) is 15.2. The van der Waals surface area contributed by atoms with Crippen molar-refractivity contribution in [1.29, 1.82) is 0 Å². The summed E-state index contributed by atoms with van der Waals surface area (Å²) in [6.45, 7) is 12.6. The second kappa shape index (κ2) is 7.82. The Bertz CT molecular complexity index is 456. The van der Waals surface area contributed by atoms with Crippen molar-refractivity contribution in [2.24, 2.45) is 0 Å². The average molecular weight is 311 g/mol. The molecule has 7 heteroatoms. The summed E-state index contributed by atoms with van der Waals surface area (Å²) < 4.78 is 3.86. The highest BCUT2D eigenvalue weighted by Gasteiger charge is 2.21. The average Bonchev–Trinajstić information content (AvgIpc) is 3.01. The maximum atomic E-state index is 12.2. The van der Waals surface area contributed by atoms with Crippen LogP contribution in [0.4, 0.5) is 0 Å². The lowest BCUT2D eigenvalue weighted by Gasteiger charge is -2.37. The SMILES string of the molecule is CCc1nnsc1C(=O)NC[C@@H](C)N1CCN(CC)CC1. The summed E-state index contributed by atoms with van der Waals surface area (Å²) in [4.78, 5) is 17.7. The Morgan fingerprint density at radius 1 is 1.33 bits per heavy atom. The number of rotatable bonds is 6. The molecule has 1 aliphatic rings. The molecule has 1 aromatic rings. The van der Waals surface area contributed by atoms with Gasteiger partial charge >= 0.3 is 0 Å². The van der Waals surface area contributed by atoms with E-state index in [1.807, 2.05) is 6.92 Å². The van der Waals surface area contributed by atoms with Crippen LogP contribution in [-0.2, 0) is 6.42 Å². The predicted octanol–water partition coefficient (Wildman–Crippen LogP) is 0.856. The van der Waals surface area contributed by atoms with E-state index < -0.39 is 0 Å². The minimum Gasteiger partial charge on any atom is -0.350 e. The first-order valence-corrected chi connectivity index (χ1v) is 8.48. The lowest BCUT2D eigenvalue weighted by molar-refractivity contribution is 0.0885. The number of carbonyl (C=O) groups excluding carboxylic acids is 1. The summed E-state index contributed by atoms with van der Waals surface area (Å²) in [5.41, 5.74) is 0.793. The van der Waals surface area contributed by atoms with Crippen LogP contribution in [0.1, 0.15) is 36.1 Å². The highest BCUT2D eigenvalue weighted by atomic mass is 32.1. The molecule has 0 radical (unpaired) electrons. The molecule has 0 unspecified atom stereocenters. The maximum Gasteiger partial charge on any atom is 0.265 e. The maximum absolute atomic E-state index is 12.2. The summed E-state index contributed by atoms with van der Waals surface area (Å²) in [5, 5.41) is 7.00. The van der Waals surface area contributed by atoms with Crippen molar-refractivity contribution in [2.75, 3.05) is 39.3 Å². The second-order valence-corrected chi connectivity index (χ2v) is 6.19. The topological polar surface area (TPSA) is 61.4 Å². The van der Waals surface area contributed by atoms with Crippen LogP contribution in [0.5, 0.6) is 0 Å². The summed E-state index contributed by atoms with van der Waals surface area (Å²) in [6, 6.07) is 0.360. The molecule has 1 N–H and O–H groups in total. The third-order valence-electron chi connectivity index (χ3n) is 4.13. The Balaban J connectivity index is 1.79. The first kappa shape index (κ1) is 16.3. The van der Waals surface area contributed by atoms with Crippen LogP contribution in [-0.4, -0.2) is 70.6 Å². The van der Waals surface area contributed by atoms with Crippen LogP contribution in [0.3, 0.4) is 0 Å². The van der Waals surface area contributed by atoms with Crippen molar-refractivity contribution in [3.8, 4) is 0 Å². The summed E-state index contributed by atoms with van der Waals surface area (Å²) in [7, 11) is 0. The standard InChI is InChI=1S/C14H25N5OS/c1-4-12-13(21-17-16-12)14(20)15-10-11(3)19-8-6-18(5-2)7-9-19/h11H,4-10H2,1-3H3,(H,15,20)/t11-/m1/s1. The van der Waals surface area contributed by atoms with E-state index in [1.165, 1.54) is 11.5 Å². The van der Waals surface area contributed by atoms with Crippen LogP contribution in [0, 0.1) is 0 Å². The van der Waals surface area contributed by atoms with E-state index in [0.29, 0.717) is 17.5 Å². The van der Waals surface area contributed by atoms with Crippen LogP contribution < -0.4 is 5.32 Å². The van der Waals surface area contributed by atoms with Gasteiger partial charge in [-0.3, -0.25) is 9.69 Å². The van der Waals surface area contributed by atoms with Crippen LogP contribution in [0.15, 0.2) is 0 Å². The fourth-order valence-electron chi connectivity index (χ4n) is 2.58. The minimum atomic E-state index is -0.0408. The number of likely N-dealkylation sites (N-methyl/N-ethyl adjacent to an activating group) is 1. The van der Waals surface area contributed by atoms with Crippen molar-refractivity contribution < 1.29 is 4.79 Å². The molecule has 2 rings (SSSR count). The third-order valence-corrected chi connectivity index (χ3v) is 4.90. The van der Waals surface area contributed by atoms with Gasteiger partial charge in [-0.05, 0) is 31.4 Å². The van der Waals surface area contributed by atoms with E-state index in [1.54, 1.807) is 0 Å². The number of aryl methyl sites for hydroxylation is 1. The van der Waals surface area contributed by atoms with Gasteiger partial charge in [-0.15, -0.1) is 5.10 Å². The number of carbonyl (C=O) groups is 1. The zero-order valence-electron chi connectivity index (χ0n) is 13.1. The molecule has 6 nitrogen and oxygen atoms in total. The van der Waals surface area contributed by atoms with E-state index in [4.69, 9.17) is 0 Å². The molecule has 0 aliphatic carbocycles. The lowest BCUT2D eigenvalue weighted by Crippen LogP contribution is -2.52. The number of amides is 1. The zero-order valence-corrected chi connectivity index (χ0v) is 13.9. The lowest BCUT2D eigenvalue weighted by atomic mass is 10.2. The summed E-state index contributed by atoms with van der Waals surface area (Å²) in [5.74, 6) is -0.0408. The fourth-order valence-corrected chi connectivity index (χ4v) is 3.25. The molecule has 1 amide bonds. The van der Waals surface area contributed by atoms with Gasteiger partial charge in [-0.1, -0.05) is 18.3 Å². The molecule has 1 aliphatic heterocycles. The van der Waals surface area contributed by atoms with Gasteiger partial charge in [0.05, 0.1) is 5.69 Å². The first-order valence-electron chi connectivity index (χ1n) is 7.71. The molecular formula is C14H25N5OS. The van der Waals surface area contributed by atoms with Crippen molar-refractivity contribution in [3.05, 3.63) is 10.6 Å². The van der Waals surface area contributed by atoms with Crippen LogP contribution >= 0.6 is 11.5 Å². The molecule has 1 fully saturated rings. The van der Waals surface area contributed by atoms with Crippen LogP contribution in [0.25, 0.3) is 0 Å². The number of piperazine rings is 1. The Labute approximate surface area is 130 Å². The summed E-state index contributed by atoms with van der Waals surface area (Å²) >= 11 is 1.18. The smallest absolute Gasteiger partial charge is 0.265 e. The van der Waals surface area contributed by atoms with Gasteiger partial charge in [-0.25, -0.2) is 0 Å². The number of nitrogens with one attached hydrogen (secondary N) is 1. The number of hydrogen-bond donors (Lipinski definition) is 1. The normalized spacial score (nSPS) is 18.6. The van der Waals surface area contributed by atoms with Gasteiger partial charge < -0.3 is 10.2 Å². The van der Waals surface area contributed by atoms with Gasteiger partial charge in [0.15, 0.2) is 0 Å². The van der Waals surface area contributed by atoms with Gasteiger partial charge in [-0.2, -0.15) is 0 Å². The Morgan fingerprint density at radius 2 is 2.05 bits per heavy atom. The summed E-state index contributed by atoms with van der Waals surface area (Å²) in [6.07, 6.45) is 0.744. The van der Waals surface area contributed by atoms with E-state index in [9.17, 15) is 4.79 Å². The number of aromatic nitrogens is 2. The van der Waals surface area contributed by atoms with Gasteiger partial charge in [0, 0.05) is 38.8 Å². The monoisotopic (exact) mass is 311 g/mol. The molecule has 21 heavy (non-hydrogen) atoms. The van der Waals surface area contributed by atoms with E-state index in [0.717, 1.165) is 44.8 Å². The molecule has 0 aromatic carbocycles. The fraction of sp³-hybridized carbons (Fsp3) is 0.786. The van der Waals surface area contributed by atoms with Crippen molar-refractivity contribution in [3.63, 3.8) is 0 Å². The molecule has 0 bridgehead atoms. The number of hydrogen-bond acceptors (Lipinski definition) is 6. The van der Waals surface area contributed by atoms with Gasteiger partial charge in [0.25, 0.3) is 5.91 Å². The highest BCUT2D eigenvalue weighted by Crippen LogP contribution is 2.11. The molecule has 1 saturated heterocycles. The van der Waals surface area contributed by atoms with E-state index in [2.05, 4.69) is 38.6 Å². The van der Waals surface area contributed by atoms with Gasteiger partial charge in [0.2, 0.25) is 0 Å². The molecule has 1 aromatic heterocycles. The van der Waals surface area contributed by atoms with Crippen LogP contribution in [0.2, 0.25) is 0 Å². The number of nitrogens with zero attached hydrogens (tertiary/aromatic N) is 4. The van der Waals surface area contributed by atoms with Gasteiger partial charge in [0.1, 0.15) is 4.88 Å². The molecule has 0 spiro atoms. The molecule has 0 saturated carbocycles. The Kier molecular flexibility index (Phi) is 6.08. The molecule has 118 valence electrons. The van der Waals surface area contributed by atoms with Crippen molar-refractivity contribution >= 4 is 17.4 Å². The quantitative estimate of drug-likeness (QED) is 0.844. The van der Waals surface area contributed by atoms with E-state index in [-0.39, 0.29) is 5.91 Å². The third kappa shape index (κ3) is 4.21. The Morgan fingerprint density at radius 3 is 2.67 bits per heavy atom.